The Morgan fingerprint density at radius 3 is 2.46 bits per heavy atom. The summed E-state index contributed by atoms with van der Waals surface area (Å²) in [6.07, 6.45) is 0.916. The van der Waals surface area contributed by atoms with E-state index in [-0.39, 0.29) is 12.5 Å². The van der Waals surface area contributed by atoms with E-state index in [1.807, 2.05) is 63.2 Å². The number of pyridine rings is 1. The molecule has 0 spiro atoms. The van der Waals surface area contributed by atoms with Gasteiger partial charge in [0.05, 0.1) is 12.6 Å². The summed E-state index contributed by atoms with van der Waals surface area (Å²) in [6, 6.07) is 11.3. The number of amides is 1. The van der Waals surface area contributed by atoms with Gasteiger partial charge in [-0.2, -0.15) is 0 Å². The van der Waals surface area contributed by atoms with Gasteiger partial charge in [0.25, 0.3) is 5.91 Å². The van der Waals surface area contributed by atoms with E-state index in [1.54, 1.807) is 17.2 Å². The molecule has 1 N–H and O–H groups in total. The maximum atomic E-state index is 12.7. The number of benzene rings is 1. The lowest BCUT2D eigenvalue weighted by atomic mass is 10.1. The van der Waals surface area contributed by atoms with Crippen molar-refractivity contribution in [2.24, 2.45) is 0 Å². The highest BCUT2D eigenvalue weighted by molar-refractivity contribution is 5.93. The van der Waals surface area contributed by atoms with Gasteiger partial charge in [-0.1, -0.05) is 29.8 Å². The number of aliphatic hydroxyl groups is 1. The predicted octanol–water partition coefficient (Wildman–Crippen LogP) is 2.65. The second-order valence-corrected chi connectivity index (χ2v) is 6.06. The molecular weight excluding hydrogens is 302 g/mol. The summed E-state index contributed by atoms with van der Waals surface area (Å²) in [5.74, 6) is -0.174. The van der Waals surface area contributed by atoms with Crippen molar-refractivity contribution in [3.8, 4) is 0 Å². The number of nitrogens with zero attached hydrogens (tertiary/aromatic N) is 3. The third-order valence-electron chi connectivity index (χ3n) is 4.00. The molecule has 24 heavy (non-hydrogen) atoms. The Kier molecular flexibility index (Phi) is 5.93. The number of carbonyl (C=O) groups excluding carboxylic acids is 1. The fourth-order valence-electron chi connectivity index (χ4n) is 2.43. The minimum Gasteiger partial charge on any atom is -0.387 e. The van der Waals surface area contributed by atoms with E-state index in [4.69, 9.17) is 0 Å². The lowest BCUT2D eigenvalue weighted by Gasteiger charge is -2.24. The van der Waals surface area contributed by atoms with Crippen LogP contribution < -0.4 is 4.90 Å². The van der Waals surface area contributed by atoms with Gasteiger partial charge in [-0.05, 0) is 31.5 Å². The third kappa shape index (κ3) is 4.32. The van der Waals surface area contributed by atoms with E-state index in [9.17, 15) is 9.90 Å². The topological polar surface area (TPSA) is 56.7 Å². The van der Waals surface area contributed by atoms with E-state index >= 15 is 0 Å². The van der Waals surface area contributed by atoms with Crippen LogP contribution in [-0.4, -0.2) is 48.1 Å². The summed E-state index contributed by atoms with van der Waals surface area (Å²) in [5, 5.41) is 10.4. The molecule has 1 amide bonds. The summed E-state index contributed by atoms with van der Waals surface area (Å²) < 4.78 is 0. The summed E-state index contributed by atoms with van der Waals surface area (Å²) in [6.45, 7) is 4.65. The van der Waals surface area contributed by atoms with Crippen LogP contribution in [0.3, 0.4) is 0 Å². The second kappa shape index (κ2) is 7.93. The predicted molar refractivity (Wildman–Crippen MR) is 96.3 cm³/mol. The van der Waals surface area contributed by atoms with Crippen molar-refractivity contribution >= 4 is 11.6 Å². The van der Waals surface area contributed by atoms with Gasteiger partial charge < -0.3 is 14.9 Å². The molecule has 0 unspecified atom stereocenters. The number of aromatic nitrogens is 1. The highest BCUT2D eigenvalue weighted by Crippen LogP contribution is 2.17. The summed E-state index contributed by atoms with van der Waals surface area (Å²) in [7, 11) is 3.84. The first-order chi connectivity index (χ1) is 11.4. The van der Waals surface area contributed by atoms with Crippen molar-refractivity contribution in [2.45, 2.75) is 20.0 Å². The van der Waals surface area contributed by atoms with Crippen LogP contribution >= 0.6 is 0 Å². The fourth-order valence-corrected chi connectivity index (χ4v) is 2.43. The van der Waals surface area contributed by atoms with Crippen LogP contribution in [0.2, 0.25) is 0 Å². The molecule has 0 aliphatic heterocycles. The molecule has 2 rings (SSSR count). The first-order valence-corrected chi connectivity index (χ1v) is 8.09. The number of aliphatic hydroxyl groups excluding tert-OH is 1. The van der Waals surface area contributed by atoms with Crippen molar-refractivity contribution in [1.29, 1.82) is 0 Å². The van der Waals surface area contributed by atoms with E-state index in [1.165, 1.54) is 0 Å². The minimum absolute atomic E-state index is 0.174. The summed E-state index contributed by atoms with van der Waals surface area (Å²) in [5.41, 5.74) is 3.25. The zero-order valence-electron chi connectivity index (χ0n) is 14.7. The van der Waals surface area contributed by atoms with E-state index in [0.717, 1.165) is 16.8 Å². The molecular formula is C19H25N3O2. The molecule has 0 aliphatic carbocycles. The summed E-state index contributed by atoms with van der Waals surface area (Å²) >= 11 is 0. The molecule has 128 valence electrons. The number of hydrogen-bond acceptors (Lipinski definition) is 4. The molecule has 0 fully saturated rings. The van der Waals surface area contributed by atoms with Crippen LogP contribution in [-0.2, 0) is 0 Å². The maximum absolute atomic E-state index is 12.7. The third-order valence-corrected chi connectivity index (χ3v) is 4.00. The second-order valence-electron chi connectivity index (χ2n) is 6.06. The first-order valence-electron chi connectivity index (χ1n) is 8.09. The number of hydrogen-bond donors (Lipinski definition) is 1. The Bertz CT molecular complexity index is 683. The number of aryl methyl sites for hydroxylation is 1. The molecule has 0 saturated heterocycles. The normalized spacial score (nSPS) is 11.9. The fraction of sp³-hybridized carbons (Fsp3) is 0.368. The molecule has 1 heterocycles. The van der Waals surface area contributed by atoms with Gasteiger partial charge in [-0.25, -0.2) is 0 Å². The highest BCUT2D eigenvalue weighted by atomic mass is 16.3. The SMILES string of the molecule is CCN(C[C@@H](O)c1ccc(C)cc1)C(=O)c1cc(N(C)C)ccn1. The van der Waals surface area contributed by atoms with Gasteiger partial charge in [0.1, 0.15) is 5.69 Å². The van der Waals surface area contributed by atoms with E-state index in [2.05, 4.69) is 4.98 Å². The molecule has 1 aromatic carbocycles. The Balaban J connectivity index is 2.14. The van der Waals surface area contributed by atoms with Crippen molar-refractivity contribution in [3.05, 3.63) is 59.4 Å². The Morgan fingerprint density at radius 2 is 1.88 bits per heavy atom. The molecule has 2 aromatic rings. The largest absolute Gasteiger partial charge is 0.387 e. The smallest absolute Gasteiger partial charge is 0.272 e. The van der Waals surface area contributed by atoms with Gasteiger partial charge >= 0.3 is 0 Å². The average molecular weight is 327 g/mol. The first kappa shape index (κ1) is 17.9. The Hall–Kier alpha value is -2.40. The molecule has 0 saturated carbocycles. The molecule has 5 nitrogen and oxygen atoms in total. The standard InChI is InChI=1S/C19H25N3O2/c1-5-22(13-18(23)15-8-6-14(2)7-9-15)19(24)17-12-16(21(3)4)10-11-20-17/h6-12,18,23H,5,13H2,1-4H3/t18-/m1/s1. The number of anilines is 1. The molecule has 0 bridgehead atoms. The highest BCUT2D eigenvalue weighted by Gasteiger charge is 2.20. The molecule has 0 aliphatic rings. The quantitative estimate of drug-likeness (QED) is 0.886. The zero-order chi connectivity index (χ0) is 17.7. The Morgan fingerprint density at radius 1 is 1.21 bits per heavy atom. The molecule has 0 radical (unpaired) electrons. The van der Waals surface area contributed by atoms with Crippen LogP contribution in [0, 0.1) is 6.92 Å². The van der Waals surface area contributed by atoms with Crippen LogP contribution in [0.4, 0.5) is 5.69 Å². The van der Waals surface area contributed by atoms with Gasteiger partial charge in [0, 0.05) is 32.5 Å². The van der Waals surface area contributed by atoms with E-state index in [0.29, 0.717) is 12.2 Å². The van der Waals surface area contributed by atoms with Crippen LogP contribution in [0.1, 0.15) is 34.6 Å². The number of rotatable bonds is 6. The van der Waals surface area contributed by atoms with Gasteiger partial charge in [-0.3, -0.25) is 9.78 Å². The number of likely N-dealkylation sites (N-methyl/N-ethyl adjacent to an activating group) is 1. The molecule has 1 atom stereocenters. The van der Waals surface area contributed by atoms with Gasteiger partial charge in [0.15, 0.2) is 0 Å². The summed E-state index contributed by atoms with van der Waals surface area (Å²) in [4.78, 5) is 20.4. The molecule has 1 aromatic heterocycles. The van der Waals surface area contributed by atoms with Crippen LogP contribution in [0.25, 0.3) is 0 Å². The van der Waals surface area contributed by atoms with Crippen LogP contribution in [0.5, 0.6) is 0 Å². The van der Waals surface area contributed by atoms with Crippen molar-refractivity contribution in [2.75, 3.05) is 32.1 Å². The average Bonchev–Trinajstić information content (AvgIpc) is 2.59. The van der Waals surface area contributed by atoms with Gasteiger partial charge in [-0.15, -0.1) is 0 Å². The van der Waals surface area contributed by atoms with Crippen LogP contribution in [0.15, 0.2) is 42.6 Å². The minimum atomic E-state index is -0.716. The number of carbonyl (C=O) groups is 1. The Labute approximate surface area is 143 Å². The lowest BCUT2D eigenvalue weighted by Crippen LogP contribution is -2.35. The van der Waals surface area contributed by atoms with Crippen molar-refractivity contribution in [1.82, 2.24) is 9.88 Å². The monoisotopic (exact) mass is 327 g/mol. The zero-order valence-corrected chi connectivity index (χ0v) is 14.7. The molecule has 5 heteroatoms. The lowest BCUT2D eigenvalue weighted by molar-refractivity contribution is 0.0629. The van der Waals surface area contributed by atoms with Crippen molar-refractivity contribution in [3.63, 3.8) is 0 Å². The van der Waals surface area contributed by atoms with E-state index < -0.39 is 6.10 Å². The van der Waals surface area contributed by atoms with Gasteiger partial charge in [0.2, 0.25) is 0 Å². The van der Waals surface area contributed by atoms with Crippen molar-refractivity contribution < 1.29 is 9.90 Å². The maximum Gasteiger partial charge on any atom is 0.272 e.